The molecule has 2 N–H and O–H groups in total. The number of anilines is 2. The smallest absolute Gasteiger partial charge is 0.243 e. The zero-order chi connectivity index (χ0) is 23.3. The minimum atomic E-state index is -3.96. The molecule has 1 aliphatic heterocycles. The van der Waals surface area contributed by atoms with Gasteiger partial charge in [-0.1, -0.05) is 12.1 Å². The van der Waals surface area contributed by atoms with E-state index in [2.05, 4.69) is 10.6 Å². The molecule has 1 fully saturated rings. The van der Waals surface area contributed by atoms with Crippen LogP contribution >= 0.6 is 0 Å². The van der Waals surface area contributed by atoms with Gasteiger partial charge in [0.2, 0.25) is 21.8 Å². The summed E-state index contributed by atoms with van der Waals surface area (Å²) in [6.07, 6.45) is 1.35. The maximum absolute atomic E-state index is 13.4. The lowest BCUT2D eigenvalue weighted by Crippen LogP contribution is -2.42. The topological polar surface area (TPSA) is 105 Å². The molecule has 1 heterocycles. The maximum atomic E-state index is 13.4. The minimum Gasteiger partial charge on any atom is -0.377 e. The van der Waals surface area contributed by atoms with Crippen LogP contribution in [0.2, 0.25) is 0 Å². The highest BCUT2D eigenvalue weighted by atomic mass is 32.2. The SMILES string of the molecule is CC(=O)Nc1ccc(S(=O)(=O)N(CC(=O)Nc2cccc(C)c2C)CC2CCCO2)cc1. The Kier molecular flexibility index (Phi) is 7.65. The van der Waals surface area contributed by atoms with E-state index >= 15 is 0 Å². The third-order valence-corrected chi connectivity index (χ3v) is 7.27. The number of ether oxygens (including phenoxy) is 1. The molecule has 8 nitrogen and oxygen atoms in total. The first-order valence-electron chi connectivity index (χ1n) is 10.5. The van der Waals surface area contributed by atoms with E-state index in [0.29, 0.717) is 18.0 Å². The number of nitrogens with one attached hydrogen (secondary N) is 2. The largest absolute Gasteiger partial charge is 0.377 e. The molecule has 172 valence electrons. The first kappa shape index (κ1) is 23.9. The van der Waals surface area contributed by atoms with Gasteiger partial charge in [-0.2, -0.15) is 4.31 Å². The second-order valence-electron chi connectivity index (χ2n) is 7.93. The van der Waals surface area contributed by atoms with E-state index in [-0.39, 0.29) is 30.0 Å². The lowest BCUT2D eigenvalue weighted by molar-refractivity contribution is -0.116. The molecule has 3 rings (SSSR count). The van der Waals surface area contributed by atoms with Crippen LogP contribution in [-0.2, 0) is 24.3 Å². The Bertz CT molecular complexity index is 1080. The lowest BCUT2D eigenvalue weighted by atomic mass is 10.1. The highest BCUT2D eigenvalue weighted by Crippen LogP contribution is 2.23. The van der Waals surface area contributed by atoms with Crippen LogP contribution in [0.5, 0.6) is 0 Å². The van der Waals surface area contributed by atoms with Gasteiger partial charge >= 0.3 is 0 Å². The van der Waals surface area contributed by atoms with E-state index in [1.54, 1.807) is 6.07 Å². The number of amides is 2. The van der Waals surface area contributed by atoms with E-state index in [0.717, 1.165) is 28.3 Å². The number of sulfonamides is 1. The van der Waals surface area contributed by atoms with E-state index < -0.39 is 15.9 Å². The number of hydrogen-bond donors (Lipinski definition) is 2. The van der Waals surface area contributed by atoms with Crippen molar-refractivity contribution in [1.29, 1.82) is 0 Å². The minimum absolute atomic E-state index is 0.0455. The van der Waals surface area contributed by atoms with Crippen molar-refractivity contribution in [2.45, 2.75) is 44.6 Å². The molecule has 0 radical (unpaired) electrons. The summed E-state index contributed by atoms with van der Waals surface area (Å²) in [6.45, 7) is 5.58. The summed E-state index contributed by atoms with van der Waals surface area (Å²) in [7, 11) is -3.96. The number of benzene rings is 2. The molecule has 0 spiro atoms. The van der Waals surface area contributed by atoms with Crippen LogP contribution in [-0.4, -0.2) is 50.3 Å². The van der Waals surface area contributed by atoms with Crippen LogP contribution in [0.25, 0.3) is 0 Å². The van der Waals surface area contributed by atoms with Gasteiger partial charge in [-0.05, 0) is 68.1 Å². The second kappa shape index (κ2) is 10.2. The maximum Gasteiger partial charge on any atom is 0.243 e. The van der Waals surface area contributed by atoms with Gasteiger partial charge in [0.15, 0.2) is 0 Å². The monoisotopic (exact) mass is 459 g/mol. The molecule has 2 amide bonds. The van der Waals surface area contributed by atoms with Gasteiger partial charge in [-0.3, -0.25) is 9.59 Å². The van der Waals surface area contributed by atoms with Crippen molar-refractivity contribution in [3.63, 3.8) is 0 Å². The molecular formula is C23H29N3O5S. The lowest BCUT2D eigenvalue weighted by Gasteiger charge is -2.24. The third-order valence-electron chi connectivity index (χ3n) is 5.44. The fourth-order valence-electron chi connectivity index (χ4n) is 3.56. The van der Waals surface area contributed by atoms with Crippen LogP contribution in [0.15, 0.2) is 47.4 Å². The molecule has 1 aliphatic rings. The average Bonchev–Trinajstić information content (AvgIpc) is 3.24. The summed E-state index contributed by atoms with van der Waals surface area (Å²) in [4.78, 5) is 24.1. The van der Waals surface area contributed by atoms with Crippen LogP contribution in [0.4, 0.5) is 11.4 Å². The molecule has 2 aromatic carbocycles. The highest BCUT2D eigenvalue weighted by Gasteiger charge is 2.31. The Labute approximate surface area is 189 Å². The van der Waals surface area contributed by atoms with Crippen molar-refractivity contribution in [3.8, 4) is 0 Å². The standard InChI is InChI=1S/C23H29N3O5S/c1-16-6-4-8-22(17(16)2)25-23(28)15-26(14-20-7-5-13-31-20)32(29,30)21-11-9-19(10-12-21)24-18(3)27/h4,6,8-12,20H,5,7,13-15H2,1-3H3,(H,24,27)(H,25,28). The molecule has 0 aliphatic carbocycles. The van der Waals surface area contributed by atoms with Crippen molar-refractivity contribution in [2.24, 2.45) is 0 Å². The first-order valence-corrected chi connectivity index (χ1v) is 12.0. The zero-order valence-corrected chi connectivity index (χ0v) is 19.4. The molecule has 1 saturated heterocycles. The Balaban J connectivity index is 1.81. The number of aryl methyl sites for hydroxylation is 1. The van der Waals surface area contributed by atoms with Crippen molar-refractivity contribution in [1.82, 2.24) is 4.31 Å². The summed E-state index contributed by atoms with van der Waals surface area (Å²) >= 11 is 0. The predicted molar refractivity (Wildman–Crippen MR) is 123 cm³/mol. The Morgan fingerprint density at radius 1 is 1.09 bits per heavy atom. The fourth-order valence-corrected chi connectivity index (χ4v) is 4.99. The quantitative estimate of drug-likeness (QED) is 0.631. The van der Waals surface area contributed by atoms with E-state index in [9.17, 15) is 18.0 Å². The van der Waals surface area contributed by atoms with Gasteiger partial charge in [-0.15, -0.1) is 0 Å². The van der Waals surface area contributed by atoms with Crippen LogP contribution in [0.3, 0.4) is 0 Å². The molecule has 0 bridgehead atoms. The highest BCUT2D eigenvalue weighted by molar-refractivity contribution is 7.89. The number of hydrogen-bond acceptors (Lipinski definition) is 5. The van der Waals surface area contributed by atoms with Crippen molar-refractivity contribution < 1.29 is 22.7 Å². The Morgan fingerprint density at radius 2 is 1.81 bits per heavy atom. The molecule has 9 heteroatoms. The first-order chi connectivity index (χ1) is 15.2. The number of rotatable bonds is 8. The van der Waals surface area contributed by atoms with Crippen LogP contribution in [0.1, 0.15) is 30.9 Å². The number of carbonyl (C=O) groups excluding carboxylic acids is 2. The Hall–Kier alpha value is -2.75. The van der Waals surface area contributed by atoms with Crippen LogP contribution < -0.4 is 10.6 Å². The molecule has 0 aromatic heterocycles. The summed E-state index contributed by atoms with van der Waals surface area (Å²) in [5.41, 5.74) is 3.12. The number of nitrogens with zero attached hydrogens (tertiary/aromatic N) is 1. The fraction of sp³-hybridized carbons (Fsp3) is 0.391. The molecule has 1 unspecified atom stereocenters. The summed E-state index contributed by atoms with van der Waals surface area (Å²) < 4.78 is 33.5. The van der Waals surface area contributed by atoms with Crippen molar-refractivity contribution in [3.05, 3.63) is 53.6 Å². The van der Waals surface area contributed by atoms with Crippen molar-refractivity contribution in [2.75, 3.05) is 30.3 Å². The Morgan fingerprint density at radius 3 is 2.44 bits per heavy atom. The molecular weight excluding hydrogens is 430 g/mol. The molecule has 1 atom stereocenters. The van der Waals surface area contributed by atoms with E-state index in [4.69, 9.17) is 4.74 Å². The van der Waals surface area contributed by atoms with Crippen LogP contribution in [0, 0.1) is 13.8 Å². The average molecular weight is 460 g/mol. The van der Waals surface area contributed by atoms with Gasteiger partial charge in [-0.25, -0.2) is 8.42 Å². The summed E-state index contributed by atoms with van der Waals surface area (Å²) in [6, 6.07) is 11.5. The second-order valence-corrected chi connectivity index (χ2v) is 9.87. The summed E-state index contributed by atoms with van der Waals surface area (Å²) in [5, 5.41) is 5.44. The van der Waals surface area contributed by atoms with E-state index in [1.807, 2.05) is 26.0 Å². The molecule has 0 saturated carbocycles. The predicted octanol–water partition coefficient (Wildman–Crippen LogP) is 3.07. The van der Waals surface area contributed by atoms with Gasteiger partial charge in [0.25, 0.3) is 0 Å². The van der Waals surface area contributed by atoms with Gasteiger partial charge < -0.3 is 15.4 Å². The third kappa shape index (κ3) is 5.93. The van der Waals surface area contributed by atoms with Crippen molar-refractivity contribution >= 4 is 33.2 Å². The van der Waals surface area contributed by atoms with E-state index in [1.165, 1.54) is 31.2 Å². The normalized spacial score (nSPS) is 16.2. The summed E-state index contributed by atoms with van der Waals surface area (Å²) in [5.74, 6) is -0.668. The zero-order valence-electron chi connectivity index (χ0n) is 18.6. The number of carbonyl (C=O) groups is 2. The molecule has 2 aromatic rings. The van der Waals surface area contributed by atoms with Gasteiger partial charge in [0.1, 0.15) is 0 Å². The molecule has 32 heavy (non-hydrogen) atoms. The van der Waals surface area contributed by atoms with Gasteiger partial charge in [0, 0.05) is 31.5 Å². The van der Waals surface area contributed by atoms with Gasteiger partial charge in [0.05, 0.1) is 17.5 Å².